The quantitative estimate of drug-likeness (QED) is 0.349. The second-order valence-electron chi connectivity index (χ2n) is 13.1. The van der Waals surface area contributed by atoms with Gasteiger partial charge in [0, 0.05) is 19.7 Å². The number of hydrogen-bond donors (Lipinski definition) is 3. The number of likely N-dealkylation sites (N-methyl/N-ethyl adjacent to an activating group) is 1. The SMILES string of the molecule is CC[C@H]1OC(=O)[C@H](C)[C@@H](O[C@H]2CC3(OC)OC3[C@@H](C)O2)[C@H](C)C[C@](C)(O)C[C@@H](C)CN(C)[C@H](C)[C@@H](O)[C@]1(C)O. The van der Waals surface area contributed by atoms with Gasteiger partial charge in [-0.1, -0.05) is 20.8 Å². The summed E-state index contributed by atoms with van der Waals surface area (Å²) in [6.07, 6.45) is -2.23. The monoisotopic (exact) mass is 559 g/mol. The van der Waals surface area contributed by atoms with E-state index in [0.29, 0.717) is 32.2 Å². The first-order chi connectivity index (χ1) is 18.0. The summed E-state index contributed by atoms with van der Waals surface area (Å²) in [5.74, 6) is -2.16. The minimum Gasteiger partial charge on any atom is -0.459 e. The molecule has 0 spiro atoms. The van der Waals surface area contributed by atoms with Gasteiger partial charge in [0.2, 0.25) is 5.79 Å². The zero-order valence-corrected chi connectivity index (χ0v) is 25.5. The van der Waals surface area contributed by atoms with Gasteiger partial charge in [0.05, 0.1) is 30.1 Å². The number of carbonyl (C=O) groups excluding carboxylic acids is 1. The molecule has 228 valence electrons. The maximum Gasteiger partial charge on any atom is 0.311 e. The van der Waals surface area contributed by atoms with Crippen LogP contribution in [0.5, 0.6) is 0 Å². The van der Waals surface area contributed by atoms with E-state index < -0.39 is 59.5 Å². The molecule has 10 heteroatoms. The fourth-order valence-corrected chi connectivity index (χ4v) is 6.92. The third-order valence-corrected chi connectivity index (χ3v) is 9.21. The van der Waals surface area contributed by atoms with Gasteiger partial charge in [-0.2, -0.15) is 0 Å². The van der Waals surface area contributed by atoms with Crippen LogP contribution in [-0.4, -0.2) is 107 Å². The highest BCUT2D eigenvalue weighted by Crippen LogP contribution is 2.49. The second-order valence-corrected chi connectivity index (χ2v) is 13.1. The number of aliphatic hydroxyl groups excluding tert-OH is 1. The number of epoxide rings is 1. The summed E-state index contributed by atoms with van der Waals surface area (Å²) in [5.41, 5.74) is -2.71. The molecule has 0 aromatic heterocycles. The van der Waals surface area contributed by atoms with Crippen LogP contribution in [0.1, 0.15) is 81.1 Å². The Kier molecular flexibility index (Phi) is 10.2. The molecule has 0 amide bonds. The van der Waals surface area contributed by atoms with Gasteiger partial charge >= 0.3 is 5.97 Å². The number of hydrogen-bond acceptors (Lipinski definition) is 10. The summed E-state index contributed by atoms with van der Waals surface area (Å²) in [5, 5.41) is 34.1. The molecule has 13 atom stereocenters. The molecule has 10 nitrogen and oxygen atoms in total. The molecule has 0 aromatic carbocycles. The van der Waals surface area contributed by atoms with E-state index >= 15 is 0 Å². The average molecular weight is 560 g/mol. The molecule has 3 saturated heterocycles. The Hall–Kier alpha value is -0.850. The lowest BCUT2D eigenvalue weighted by Gasteiger charge is -2.42. The van der Waals surface area contributed by atoms with E-state index in [2.05, 4.69) is 6.92 Å². The topological polar surface area (TPSA) is 130 Å². The molecular weight excluding hydrogens is 506 g/mol. The van der Waals surface area contributed by atoms with Crippen molar-refractivity contribution in [2.24, 2.45) is 17.8 Å². The highest BCUT2D eigenvalue weighted by Gasteiger charge is 2.65. The average Bonchev–Trinajstić information content (AvgIpc) is 3.58. The Morgan fingerprint density at radius 1 is 1.08 bits per heavy atom. The molecule has 0 saturated carbocycles. The Balaban J connectivity index is 1.92. The maximum atomic E-state index is 13.6. The lowest BCUT2D eigenvalue weighted by molar-refractivity contribution is -0.247. The van der Waals surface area contributed by atoms with Gasteiger partial charge in [-0.15, -0.1) is 0 Å². The zero-order valence-electron chi connectivity index (χ0n) is 25.5. The van der Waals surface area contributed by atoms with Crippen LogP contribution in [0.3, 0.4) is 0 Å². The van der Waals surface area contributed by atoms with Crippen LogP contribution in [0.25, 0.3) is 0 Å². The van der Waals surface area contributed by atoms with Crippen LogP contribution in [0.2, 0.25) is 0 Å². The smallest absolute Gasteiger partial charge is 0.311 e. The van der Waals surface area contributed by atoms with E-state index in [9.17, 15) is 20.1 Å². The number of rotatable bonds is 4. The van der Waals surface area contributed by atoms with Crippen LogP contribution in [0.4, 0.5) is 0 Å². The summed E-state index contributed by atoms with van der Waals surface area (Å²) in [6, 6.07) is -0.412. The van der Waals surface area contributed by atoms with Gasteiger partial charge in [0.25, 0.3) is 0 Å². The molecular formula is C29H53NO9. The molecule has 3 aliphatic rings. The van der Waals surface area contributed by atoms with Gasteiger partial charge in [-0.25, -0.2) is 0 Å². The van der Waals surface area contributed by atoms with E-state index in [4.69, 9.17) is 23.7 Å². The van der Waals surface area contributed by atoms with E-state index in [1.165, 1.54) is 6.92 Å². The van der Waals surface area contributed by atoms with Crippen molar-refractivity contribution >= 4 is 5.97 Å². The number of ether oxygens (including phenoxy) is 5. The molecule has 0 aliphatic carbocycles. The number of esters is 1. The fraction of sp³-hybridized carbons (Fsp3) is 0.966. The van der Waals surface area contributed by atoms with Crippen LogP contribution < -0.4 is 0 Å². The molecule has 3 aliphatic heterocycles. The van der Waals surface area contributed by atoms with E-state index in [0.717, 1.165) is 0 Å². The molecule has 0 bridgehead atoms. The first-order valence-corrected chi connectivity index (χ1v) is 14.5. The number of fused-ring (bicyclic) bond motifs is 1. The summed E-state index contributed by atoms with van der Waals surface area (Å²) in [7, 11) is 3.49. The number of nitrogens with zero attached hydrogens (tertiary/aromatic N) is 1. The molecule has 2 unspecified atom stereocenters. The third-order valence-electron chi connectivity index (χ3n) is 9.21. The molecule has 3 N–H and O–H groups in total. The van der Waals surface area contributed by atoms with Crippen molar-refractivity contribution in [2.45, 2.75) is 141 Å². The Bertz CT molecular complexity index is 838. The molecule has 0 radical (unpaired) electrons. The van der Waals surface area contributed by atoms with Crippen molar-refractivity contribution in [1.29, 1.82) is 0 Å². The van der Waals surface area contributed by atoms with E-state index in [1.807, 2.05) is 46.6 Å². The first-order valence-electron chi connectivity index (χ1n) is 14.5. The van der Waals surface area contributed by atoms with Crippen molar-refractivity contribution in [2.75, 3.05) is 20.7 Å². The van der Waals surface area contributed by atoms with Crippen molar-refractivity contribution in [3.8, 4) is 0 Å². The summed E-state index contributed by atoms with van der Waals surface area (Å²) >= 11 is 0. The van der Waals surface area contributed by atoms with Gasteiger partial charge in [0.1, 0.15) is 23.9 Å². The Labute approximate surface area is 234 Å². The van der Waals surface area contributed by atoms with Gasteiger partial charge < -0.3 is 43.9 Å². The molecule has 0 aromatic rings. The largest absolute Gasteiger partial charge is 0.459 e. The van der Waals surface area contributed by atoms with Crippen LogP contribution in [0, 0.1) is 17.8 Å². The Morgan fingerprint density at radius 3 is 2.31 bits per heavy atom. The minimum atomic E-state index is -1.68. The normalized spacial score (nSPS) is 50.8. The highest BCUT2D eigenvalue weighted by molar-refractivity contribution is 5.73. The van der Waals surface area contributed by atoms with Crippen molar-refractivity contribution < 1.29 is 43.8 Å². The molecule has 3 fully saturated rings. The van der Waals surface area contributed by atoms with Gasteiger partial charge in [-0.3, -0.25) is 4.79 Å². The molecule has 3 rings (SSSR count). The zero-order chi connectivity index (χ0) is 29.5. The first kappa shape index (κ1) is 32.7. The predicted molar refractivity (Wildman–Crippen MR) is 145 cm³/mol. The fourth-order valence-electron chi connectivity index (χ4n) is 6.92. The number of methoxy groups -OCH3 is 1. The van der Waals surface area contributed by atoms with E-state index in [1.54, 1.807) is 14.0 Å². The Morgan fingerprint density at radius 2 is 1.72 bits per heavy atom. The van der Waals surface area contributed by atoms with Gasteiger partial charge in [-0.05, 0) is 72.8 Å². The molecule has 3 heterocycles. The minimum absolute atomic E-state index is 0.103. The van der Waals surface area contributed by atoms with Crippen molar-refractivity contribution in [3.63, 3.8) is 0 Å². The highest BCUT2D eigenvalue weighted by atomic mass is 16.8. The van der Waals surface area contributed by atoms with Crippen LogP contribution >= 0.6 is 0 Å². The third kappa shape index (κ3) is 7.15. The molecule has 39 heavy (non-hydrogen) atoms. The second kappa shape index (κ2) is 12.2. The van der Waals surface area contributed by atoms with Crippen molar-refractivity contribution in [1.82, 2.24) is 4.90 Å². The van der Waals surface area contributed by atoms with Crippen LogP contribution in [0.15, 0.2) is 0 Å². The number of carbonyl (C=O) groups is 1. The van der Waals surface area contributed by atoms with Crippen molar-refractivity contribution in [3.05, 3.63) is 0 Å². The summed E-state index contributed by atoms with van der Waals surface area (Å²) < 4.78 is 29.9. The number of cyclic esters (lactones) is 1. The summed E-state index contributed by atoms with van der Waals surface area (Å²) in [6.45, 7) is 15.3. The predicted octanol–water partition coefficient (Wildman–Crippen LogP) is 2.46. The number of aliphatic hydroxyl groups is 3. The lowest BCUT2D eigenvalue weighted by Crippen LogP contribution is -2.59. The maximum absolute atomic E-state index is 13.6. The van der Waals surface area contributed by atoms with E-state index in [-0.39, 0.29) is 24.0 Å². The summed E-state index contributed by atoms with van der Waals surface area (Å²) in [4.78, 5) is 15.5. The lowest BCUT2D eigenvalue weighted by atomic mass is 9.80. The standard InChI is InChI=1S/C29H53NO9/c1-11-21-28(8,34)24(31)19(5)30(9)15-16(2)12-27(7,33)13-17(3)23(18(4)26(32)37-21)38-22-14-29(35-10)25(39-29)20(6)36-22/h16-25,31,33-34H,11-15H2,1-10H3/t16-,17-,18-,19-,20-,21-,22+,23+,24-,25?,27-,28-,29?/m1/s1. The van der Waals surface area contributed by atoms with Gasteiger partial charge in [0.15, 0.2) is 6.29 Å². The van der Waals surface area contributed by atoms with Crippen LogP contribution in [-0.2, 0) is 28.5 Å².